The summed E-state index contributed by atoms with van der Waals surface area (Å²) >= 11 is 0. The first-order valence-electron chi connectivity index (χ1n) is 9.32. The Morgan fingerprint density at radius 2 is 1.34 bits per heavy atom. The van der Waals surface area contributed by atoms with Gasteiger partial charge in [0.1, 0.15) is 19.0 Å². The summed E-state index contributed by atoms with van der Waals surface area (Å²) in [5.74, 6) is -0.146. The van der Waals surface area contributed by atoms with E-state index in [2.05, 4.69) is 16.2 Å². The molecule has 0 fully saturated rings. The van der Waals surface area contributed by atoms with Gasteiger partial charge in [-0.1, -0.05) is 0 Å². The molecule has 0 unspecified atom stereocenters. The van der Waals surface area contributed by atoms with Gasteiger partial charge in [-0.15, -0.1) is 0 Å². The summed E-state index contributed by atoms with van der Waals surface area (Å²) in [7, 11) is 5.82. The van der Waals surface area contributed by atoms with Crippen molar-refractivity contribution in [3.63, 3.8) is 0 Å². The molecule has 11 nitrogen and oxygen atoms in total. The topological polar surface area (TPSA) is 133 Å². The van der Waals surface area contributed by atoms with E-state index in [1.165, 1.54) is 33.5 Å². The lowest BCUT2D eigenvalue weighted by molar-refractivity contribution is -0.129. The molecule has 0 spiro atoms. The maximum absolute atomic E-state index is 12.3. The van der Waals surface area contributed by atoms with Crippen molar-refractivity contribution in [1.29, 1.82) is 0 Å². The van der Waals surface area contributed by atoms with Crippen LogP contribution in [0.5, 0.6) is 23.0 Å². The summed E-state index contributed by atoms with van der Waals surface area (Å²) in [4.78, 5) is 36.1. The van der Waals surface area contributed by atoms with E-state index < -0.39 is 24.3 Å². The van der Waals surface area contributed by atoms with Crippen LogP contribution in [-0.4, -0.2) is 59.4 Å². The quantitative estimate of drug-likeness (QED) is 0.462. The summed E-state index contributed by atoms with van der Waals surface area (Å²) in [6.45, 7) is -0.786. The summed E-state index contributed by atoms with van der Waals surface area (Å²) in [6, 6.07) is 9.59. The third kappa shape index (κ3) is 6.77. The largest absolute Gasteiger partial charge is 0.497 e. The van der Waals surface area contributed by atoms with Crippen molar-refractivity contribution in [1.82, 2.24) is 10.9 Å². The molecule has 2 aromatic rings. The van der Waals surface area contributed by atoms with Gasteiger partial charge >= 0.3 is 0 Å². The Balaban J connectivity index is 1.78. The van der Waals surface area contributed by atoms with Crippen molar-refractivity contribution in [2.45, 2.75) is 0 Å². The minimum Gasteiger partial charge on any atom is -0.497 e. The van der Waals surface area contributed by atoms with E-state index in [0.29, 0.717) is 17.2 Å². The number of hydrazine groups is 1. The molecule has 0 aliphatic heterocycles. The predicted molar refractivity (Wildman–Crippen MR) is 114 cm³/mol. The number of carbonyl (C=O) groups is 3. The Morgan fingerprint density at radius 1 is 0.750 bits per heavy atom. The van der Waals surface area contributed by atoms with Crippen LogP contribution in [0.1, 0.15) is 10.4 Å². The van der Waals surface area contributed by atoms with E-state index in [9.17, 15) is 14.4 Å². The minimum atomic E-state index is -0.650. The SMILES string of the molecule is COc1ccc(NC(=O)COCC(=O)NNC(=O)c2cc(OC)c(OC)c(OC)c2)cc1. The van der Waals surface area contributed by atoms with Crippen LogP contribution < -0.4 is 35.1 Å². The first kappa shape index (κ1) is 24.3. The second-order valence-electron chi connectivity index (χ2n) is 6.19. The third-order valence-corrected chi connectivity index (χ3v) is 4.08. The average molecular weight is 447 g/mol. The van der Waals surface area contributed by atoms with Gasteiger partial charge in [-0.3, -0.25) is 25.2 Å². The lowest BCUT2D eigenvalue weighted by Crippen LogP contribution is -2.43. The highest BCUT2D eigenvalue weighted by Crippen LogP contribution is 2.38. The standard InChI is InChI=1S/C21H25N3O8/c1-28-15-7-5-14(6-8-15)22-18(25)11-32-12-19(26)23-24-21(27)13-9-16(29-2)20(31-4)17(10-13)30-3/h5-10H,11-12H2,1-4H3,(H,22,25)(H,23,26)(H,24,27). The molecular weight excluding hydrogens is 422 g/mol. The van der Waals surface area contributed by atoms with Gasteiger partial charge in [0.2, 0.25) is 11.7 Å². The molecule has 0 saturated heterocycles. The lowest BCUT2D eigenvalue weighted by Gasteiger charge is -2.14. The molecule has 0 atom stereocenters. The molecule has 32 heavy (non-hydrogen) atoms. The fraction of sp³-hybridized carbons (Fsp3) is 0.286. The Labute approximate surface area is 184 Å². The zero-order valence-corrected chi connectivity index (χ0v) is 18.1. The molecule has 11 heteroatoms. The molecule has 2 aromatic carbocycles. The number of hydrogen-bond donors (Lipinski definition) is 3. The van der Waals surface area contributed by atoms with Gasteiger partial charge in [0.25, 0.3) is 11.8 Å². The van der Waals surface area contributed by atoms with E-state index in [1.807, 2.05) is 0 Å². The Morgan fingerprint density at radius 3 is 1.88 bits per heavy atom. The zero-order chi connectivity index (χ0) is 23.5. The number of hydrogen-bond acceptors (Lipinski definition) is 8. The Hall–Kier alpha value is -3.99. The monoisotopic (exact) mass is 447 g/mol. The van der Waals surface area contributed by atoms with E-state index in [4.69, 9.17) is 23.7 Å². The van der Waals surface area contributed by atoms with Crippen LogP contribution in [0, 0.1) is 0 Å². The van der Waals surface area contributed by atoms with Crippen molar-refractivity contribution in [2.75, 3.05) is 47.0 Å². The zero-order valence-electron chi connectivity index (χ0n) is 18.1. The molecular formula is C21H25N3O8. The van der Waals surface area contributed by atoms with Crippen LogP contribution in [0.2, 0.25) is 0 Å². The van der Waals surface area contributed by atoms with Crippen molar-refractivity contribution < 1.29 is 38.1 Å². The predicted octanol–water partition coefficient (Wildman–Crippen LogP) is 1.14. The molecule has 0 aliphatic carbocycles. The highest BCUT2D eigenvalue weighted by atomic mass is 16.5. The summed E-state index contributed by atoms with van der Waals surface area (Å²) in [5, 5.41) is 2.61. The van der Waals surface area contributed by atoms with Gasteiger partial charge in [-0.05, 0) is 36.4 Å². The van der Waals surface area contributed by atoms with Crippen molar-refractivity contribution in [2.24, 2.45) is 0 Å². The first-order valence-corrected chi connectivity index (χ1v) is 9.32. The first-order chi connectivity index (χ1) is 15.4. The van der Waals surface area contributed by atoms with E-state index in [0.717, 1.165) is 0 Å². The van der Waals surface area contributed by atoms with Gasteiger partial charge in [0.05, 0.1) is 28.4 Å². The number of nitrogens with one attached hydrogen (secondary N) is 3. The number of ether oxygens (including phenoxy) is 5. The molecule has 0 saturated carbocycles. The number of rotatable bonds is 10. The number of anilines is 1. The van der Waals surface area contributed by atoms with Crippen LogP contribution in [0.25, 0.3) is 0 Å². The average Bonchev–Trinajstić information content (AvgIpc) is 2.81. The van der Waals surface area contributed by atoms with Crippen LogP contribution >= 0.6 is 0 Å². The fourth-order valence-corrected chi connectivity index (χ4v) is 2.55. The van der Waals surface area contributed by atoms with Gasteiger partial charge in [0.15, 0.2) is 11.5 Å². The van der Waals surface area contributed by atoms with E-state index in [-0.39, 0.29) is 23.7 Å². The molecule has 0 aliphatic rings. The Bertz CT molecular complexity index is 922. The van der Waals surface area contributed by atoms with Crippen LogP contribution in [0.3, 0.4) is 0 Å². The summed E-state index contributed by atoms with van der Waals surface area (Å²) in [5.41, 5.74) is 5.17. The fourth-order valence-electron chi connectivity index (χ4n) is 2.55. The number of amides is 3. The molecule has 0 radical (unpaired) electrons. The van der Waals surface area contributed by atoms with Crippen molar-refractivity contribution in [3.05, 3.63) is 42.0 Å². The highest BCUT2D eigenvalue weighted by molar-refractivity contribution is 5.97. The third-order valence-electron chi connectivity index (χ3n) is 4.08. The molecule has 3 N–H and O–H groups in total. The van der Waals surface area contributed by atoms with Gasteiger partial charge in [-0.25, -0.2) is 0 Å². The highest BCUT2D eigenvalue weighted by Gasteiger charge is 2.17. The number of carbonyl (C=O) groups excluding carboxylic acids is 3. The molecule has 2 rings (SSSR count). The summed E-state index contributed by atoms with van der Waals surface area (Å²) in [6.07, 6.45) is 0. The van der Waals surface area contributed by atoms with Gasteiger partial charge < -0.3 is 29.0 Å². The number of methoxy groups -OCH3 is 4. The summed E-state index contributed by atoms with van der Waals surface area (Å²) < 4.78 is 25.7. The Kier molecular flexibility index (Phi) is 9.11. The maximum atomic E-state index is 12.3. The lowest BCUT2D eigenvalue weighted by atomic mass is 10.1. The molecule has 3 amide bonds. The molecule has 172 valence electrons. The van der Waals surface area contributed by atoms with E-state index >= 15 is 0 Å². The van der Waals surface area contributed by atoms with Crippen LogP contribution in [-0.2, 0) is 14.3 Å². The molecule has 0 heterocycles. The van der Waals surface area contributed by atoms with E-state index in [1.54, 1.807) is 31.4 Å². The number of benzene rings is 2. The van der Waals surface area contributed by atoms with Crippen molar-refractivity contribution >= 4 is 23.4 Å². The molecule has 0 aromatic heterocycles. The minimum absolute atomic E-state index is 0.166. The second kappa shape index (κ2) is 12.0. The molecule has 0 bridgehead atoms. The van der Waals surface area contributed by atoms with Gasteiger partial charge in [0, 0.05) is 11.3 Å². The maximum Gasteiger partial charge on any atom is 0.269 e. The van der Waals surface area contributed by atoms with Crippen molar-refractivity contribution in [3.8, 4) is 23.0 Å². The smallest absolute Gasteiger partial charge is 0.269 e. The van der Waals surface area contributed by atoms with Gasteiger partial charge in [-0.2, -0.15) is 0 Å². The second-order valence-corrected chi connectivity index (χ2v) is 6.19. The normalized spacial score (nSPS) is 10.0. The van der Waals surface area contributed by atoms with Crippen LogP contribution in [0.15, 0.2) is 36.4 Å². The van der Waals surface area contributed by atoms with Crippen LogP contribution in [0.4, 0.5) is 5.69 Å².